The lowest BCUT2D eigenvalue weighted by Crippen LogP contribution is -2.09. The second-order valence-electron chi connectivity index (χ2n) is 3.75. The molecular formula is C12H15N3O2. The van der Waals surface area contributed by atoms with Crippen molar-refractivity contribution in [1.82, 2.24) is 15.0 Å². The van der Waals surface area contributed by atoms with E-state index in [1.807, 2.05) is 30.3 Å². The predicted molar refractivity (Wildman–Crippen MR) is 62.3 cm³/mol. The smallest absolute Gasteiger partial charge is 0.112 e. The van der Waals surface area contributed by atoms with Crippen molar-refractivity contribution in [2.24, 2.45) is 0 Å². The molecule has 0 aliphatic rings. The minimum absolute atomic E-state index is 0.00994. The molecule has 0 amide bonds. The molecule has 2 rings (SSSR count). The van der Waals surface area contributed by atoms with Gasteiger partial charge in [0.05, 0.1) is 25.5 Å². The fourth-order valence-corrected chi connectivity index (χ4v) is 1.75. The third kappa shape index (κ3) is 2.69. The van der Waals surface area contributed by atoms with E-state index in [0.717, 1.165) is 11.3 Å². The Bertz CT molecular complexity index is 468. The Kier molecular flexibility index (Phi) is 3.85. The standard InChI is InChI=1S/C12H15N3O2/c16-7-6-15-12(11(9-17)13-14-15)8-10-4-2-1-3-5-10/h1-5,16-17H,6-9H2. The molecule has 0 saturated heterocycles. The van der Waals surface area contributed by atoms with Crippen LogP contribution in [0.3, 0.4) is 0 Å². The largest absolute Gasteiger partial charge is 0.394 e. The first-order valence-electron chi connectivity index (χ1n) is 5.52. The number of aromatic nitrogens is 3. The molecule has 0 unspecified atom stereocenters. The fourth-order valence-electron chi connectivity index (χ4n) is 1.75. The molecule has 0 fully saturated rings. The van der Waals surface area contributed by atoms with Crippen LogP contribution in [0.2, 0.25) is 0 Å². The van der Waals surface area contributed by atoms with Gasteiger partial charge in [-0.15, -0.1) is 5.10 Å². The molecule has 1 heterocycles. The van der Waals surface area contributed by atoms with E-state index in [4.69, 9.17) is 5.11 Å². The highest BCUT2D eigenvalue weighted by molar-refractivity contribution is 5.23. The van der Waals surface area contributed by atoms with E-state index in [9.17, 15) is 5.11 Å². The van der Waals surface area contributed by atoms with Crippen molar-refractivity contribution < 1.29 is 10.2 Å². The van der Waals surface area contributed by atoms with Gasteiger partial charge in [0.2, 0.25) is 0 Å². The summed E-state index contributed by atoms with van der Waals surface area (Å²) in [7, 11) is 0. The summed E-state index contributed by atoms with van der Waals surface area (Å²) in [6.45, 7) is 0.277. The summed E-state index contributed by atoms with van der Waals surface area (Å²) in [5, 5.41) is 26.0. The summed E-state index contributed by atoms with van der Waals surface area (Å²) in [5.74, 6) is 0. The fraction of sp³-hybridized carbons (Fsp3) is 0.333. The van der Waals surface area contributed by atoms with E-state index in [0.29, 0.717) is 18.7 Å². The Morgan fingerprint density at radius 1 is 1.12 bits per heavy atom. The SMILES string of the molecule is OCCn1nnc(CO)c1Cc1ccccc1. The third-order valence-corrected chi connectivity index (χ3v) is 2.59. The second kappa shape index (κ2) is 5.56. The number of aliphatic hydroxyl groups is 2. The summed E-state index contributed by atoms with van der Waals surface area (Å²) < 4.78 is 1.64. The maximum Gasteiger partial charge on any atom is 0.112 e. The third-order valence-electron chi connectivity index (χ3n) is 2.59. The van der Waals surface area contributed by atoms with Gasteiger partial charge in [-0.1, -0.05) is 35.5 Å². The zero-order valence-corrected chi connectivity index (χ0v) is 9.45. The van der Waals surface area contributed by atoms with Gasteiger partial charge in [-0.05, 0) is 5.56 Å². The highest BCUT2D eigenvalue weighted by Gasteiger charge is 2.12. The minimum Gasteiger partial charge on any atom is -0.394 e. The lowest BCUT2D eigenvalue weighted by molar-refractivity contribution is 0.265. The molecule has 0 aliphatic heterocycles. The van der Waals surface area contributed by atoms with Gasteiger partial charge in [0.25, 0.3) is 0 Å². The lowest BCUT2D eigenvalue weighted by atomic mass is 10.1. The number of aliphatic hydroxyl groups excluding tert-OH is 2. The van der Waals surface area contributed by atoms with E-state index in [1.165, 1.54) is 0 Å². The molecule has 0 radical (unpaired) electrons. The molecule has 0 bridgehead atoms. The second-order valence-corrected chi connectivity index (χ2v) is 3.75. The lowest BCUT2D eigenvalue weighted by Gasteiger charge is -2.06. The first-order valence-corrected chi connectivity index (χ1v) is 5.52. The summed E-state index contributed by atoms with van der Waals surface area (Å²) in [5.41, 5.74) is 2.55. The maximum absolute atomic E-state index is 9.20. The topological polar surface area (TPSA) is 71.2 Å². The van der Waals surface area contributed by atoms with Gasteiger partial charge < -0.3 is 10.2 Å². The monoisotopic (exact) mass is 233 g/mol. The predicted octanol–water partition coefficient (Wildman–Crippen LogP) is 0.353. The van der Waals surface area contributed by atoms with Crippen LogP contribution < -0.4 is 0 Å². The molecule has 90 valence electrons. The molecule has 0 spiro atoms. The van der Waals surface area contributed by atoms with Gasteiger partial charge in [0.1, 0.15) is 5.69 Å². The molecular weight excluding hydrogens is 218 g/mol. The molecule has 0 aliphatic carbocycles. The normalized spacial score (nSPS) is 10.7. The van der Waals surface area contributed by atoms with Gasteiger partial charge in [-0.3, -0.25) is 0 Å². The van der Waals surface area contributed by atoms with Gasteiger partial charge >= 0.3 is 0 Å². The van der Waals surface area contributed by atoms with Crippen molar-refractivity contribution in [3.05, 3.63) is 47.3 Å². The highest BCUT2D eigenvalue weighted by Crippen LogP contribution is 2.12. The molecule has 0 atom stereocenters. The molecule has 1 aromatic heterocycles. The van der Waals surface area contributed by atoms with Crippen molar-refractivity contribution in [3.8, 4) is 0 Å². The van der Waals surface area contributed by atoms with Crippen molar-refractivity contribution in [2.45, 2.75) is 19.6 Å². The van der Waals surface area contributed by atoms with Crippen molar-refractivity contribution in [3.63, 3.8) is 0 Å². The van der Waals surface area contributed by atoms with Gasteiger partial charge in [-0.25, -0.2) is 4.68 Å². The molecule has 2 aromatic rings. The molecule has 2 N–H and O–H groups in total. The first kappa shape index (κ1) is 11.8. The van der Waals surface area contributed by atoms with Crippen LogP contribution in [0.5, 0.6) is 0 Å². The van der Waals surface area contributed by atoms with Gasteiger partial charge in [0, 0.05) is 6.42 Å². The van der Waals surface area contributed by atoms with Crippen LogP contribution in [-0.4, -0.2) is 31.8 Å². The number of benzene rings is 1. The maximum atomic E-state index is 9.20. The van der Waals surface area contributed by atoms with Gasteiger partial charge in [0.15, 0.2) is 0 Å². The Balaban J connectivity index is 2.26. The first-order chi connectivity index (χ1) is 8.35. The Morgan fingerprint density at radius 3 is 2.53 bits per heavy atom. The number of rotatable bonds is 5. The zero-order valence-electron chi connectivity index (χ0n) is 9.45. The summed E-state index contributed by atoms with van der Waals surface area (Å²) in [6.07, 6.45) is 0.656. The van der Waals surface area contributed by atoms with Crippen LogP contribution in [0.25, 0.3) is 0 Å². The van der Waals surface area contributed by atoms with E-state index >= 15 is 0 Å². The van der Waals surface area contributed by atoms with Crippen molar-refractivity contribution in [2.75, 3.05) is 6.61 Å². The van der Waals surface area contributed by atoms with Crippen LogP contribution in [-0.2, 0) is 19.6 Å². The van der Waals surface area contributed by atoms with Crippen LogP contribution in [0.1, 0.15) is 17.0 Å². The van der Waals surface area contributed by atoms with E-state index in [1.54, 1.807) is 4.68 Å². The van der Waals surface area contributed by atoms with E-state index < -0.39 is 0 Å². The average Bonchev–Trinajstić information content (AvgIpc) is 2.74. The van der Waals surface area contributed by atoms with Crippen molar-refractivity contribution >= 4 is 0 Å². The Morgan fingerprint density at radius 2 is 1.88 bits per heavy atom. The summed E-state index contributed by atoms with van der Waals surface area (Å²) >= 11 is 0. The Labute approximate surface area is 99.3 Å². The van der Waals surface area contributed by atoms with E-state index in [2.05, 4.69) is 10.3 Å². The zero-order chi connectivity index (χ0) is 12.1. The molecule has 1 aromatic carbocycles. The van der Waals surface area contributed by atoms with Crippen LogP contribution in [0.4, 0.5) is 0 Å². The number of hydrogen-bond donors (Lipinski definition) is 2. The molecule has 5 heteroatoms. The quantitative estimate of drug-likeness (QED) is 0.782. The average molecular weight is 233 g/mol. The van der Waals surface area contributed by atoms with E-state index in [-0.39, 0.29) is 13.2 Å². The van der Waals surface area contributed by atoms with Crippen LogP contribution in [0.15, 0.2) is 30.3 Å². The molecule has 17 heavy (non-hydrogen) atoms. The van der Waals surface area contributed by atoms with Crippen molar-refractivity contribution in [1.29, 1.82) is 0 Å². The number of hydrogen-bond acceptors (Lipinski definition) is 4. The molecule has 0 saturated carbocycles. The number of nitrogens with zero attached hydrogens (tertiary/aromatic N) is 3. The van der Waals surface area contributed by atoms with Crippen LogP contribution in [0, 0.1) is 0 Å². The minimum atomic E-state index is -0.131. The Hall–Kier alpha value is -1.72. The summed E-state index contributed by atoms with van der Waals surface area (Å²) in [4.78, 5) is 0. The highest BCUT2D eigenvalue weighted by atomic mass is 16.3. The summed E-state index contributed by atoms with van der Waals surface area (Å²) in [6, 6.07) is 9.91. The van der Waals surface area contributed by atoms with Gasteiger partial charge in [-0.2, -0.15) is 0 Å². The molecule has 5 nitrogen and oxygen atoms in total. The van der Waals surface area contributed by atoms with Crippen LogP contribution >= 0.6 is 0 Å².